The van der Waals surface area contributed by atoms with Gasteiger partial charge in [0.15, 0.2) is 5.60 Å². The zero-order valence-electron chi connectivity index (χ0n) is 22.1. The largest absolute Gasteiger partial charge is 0.493 e. The molecule has 5 rings (SSSR count). The average molecular weight is 512 g/mol. The van der Waals surface area contributed by atoms with E-state index in [1.165, 1.54) is 0 Å². The van der Waals surface area contributed by atoms with Crippen molar-refractivity contribution in [1.29, 1.82) is 0 Å². The third kappa shape index (κ3) is 5.12. The Kier molecular flexibility index (Phi) is 7.14. The first kappa shape index (κ1) is 25.5. The Bertz CT molecular complexity index is 1560. The highest BCUT2D eigenvalue weighted by Gasteiger charge is 2.30. The highest BCUT2D eigenvalue weighted by Crippen LogP contribution is 2.35. The van der Waals surface area contributed by atoms with E-state index in [-0.39, 0.29) is 0 Å². The van der Waals surface area contributed by atoms with Gasteiger partial charge in [0.25, 0.3) is 0 Å². The first-order chi connectivity index (χ1) is 18.4. The van der Waals surface area contributed by atoms with Crippen molar-refractivity contribution >= 4 is 27.8 Å². The molecule has 0 atom stereocenters. The summed E-state index contributed by atoms with van der Waals surface area (Å²) in [7, 11) is 0. The van der Waals surface area contributed by atoms with Gasteiger partial charge in [-0.05, 0) is 63.1 Å². The normalized spacial score (nSPS) is 11.8. The Morgan fingerprint density at radius 3 is 2.58 bits per heavy atom. The second kappa shape index (κ2) is 10.7. The monoisotopic (exact) mass is 511 g/mol. The molecule has 0 saturated carbocycles. The number of carbonyl (C=O) groups is 1. The van der Waals surface area contributed by atoms with Gasteiger partial charge in [-0.3, -0.25) is 0 Å². The van der Waals surface area contributed by atoms with Gasteiger partial charge in [0.05, 0.1) is 12.1 Å². The van der Waals surface area contributed by atoms with Crippen LogP contribution >= 0.6 is 0 Å². The zero-order chi connectivity index (χ0) is 26.7. The minimum Gasteiger partial charge on any atom is -0.493 e. The predicted octanol–water partition coefficient (Wildman–Crippen LogP) is 7.72. The van der Waals surface area contributed by atoms with Crippen LogP contribution < -0.4 is 9.47 Å². The van der Waals surface area contributed by atoms with Crippen molar-refractivity contribution < 1.29 is 23.8 Å². The Balaban J connectivity index is 1.29. The fourth-order valence-corrected chi connectivity index (χ4v) is 4.72. The molecule has 5 aromatic rings. The number of rotatable bonds is 11. The Morgan fingerprint density at radius 2 is 1.82 bits per heavy atom. The number of ether oxygens (including phenoxy) is 2. The van der Waals surface area contributed by atoms with Crippen molar-refractivity contribution in [3.8, 4) is 22.8 Å². The lowest BCUT2D eigenvalue weighted by Crippen LogP contribution is -2.37. The Morgan fingerprint density at radius 1 is 1.00 bits per heavy atom. The molecule has 0 fully saturated rings. The van der Waals surface area contributed by atoms with Gasteiger partial charge in [-0.1, -0.05) is 49.7 Å². The van der Waals surface area contributed by atoms with E-state index in [1.54, 1.807) is 13.8 Å². The van der Waals surface area contributed by atoms with Gasteiger partial charge in [0.1, 0.15) is 22.8 Å². The van der Waals surface area contributed by atoms with Crippen LogP contribution in [0.25, 0.3) is 33.2 Å². The molecule has 38 heavy (non-hydrogen) atoms. The summed E-state index contributed by atoms with van der Waals surface area (Å²) in [6.45, 7) is 6.60. The SMILES string of the molecule is CCCc1c(OCCCn2ccc3c(OC(C)(C)C(=O)O)cccc32)ccc2cc(-c3ccccc3)oc12. The summed E-state index contributed by atoms with van der Waals surface area (Å²) in [5.41, 5.74) is 2.77. The first-order valence-corrected chi connectivity index (χ1v) is 13.1. The predicted molar refractivity (Wildman–Crippen MR) is 150 cm³/mol. The number of aromatic nitrogens is 1. The van der Waals surface area contributed by atoms with Crippen molar-refractivity contribution in [2.45, 2.75) is 52.2 Å². The molecule has 0 aliphatic heterocycles. The maximum absolute atomic E-state index is 11.5. The van der Waals surface area contributed by atoms with E-state index >= 15 is 0 Å². The molecule has 0 radical (unpaired) electrons. The van der Waals surface area contributed by atoms with Crippen molar-refractivity contribution in [3.63, 3.8) is 0 Å². The Hall–Kier alpha value is -4.19. The molecule has 0 aliphatic carbocycles. The molecule has 0 aliphatic rings. The molecule has 1 N–H and O–H groups in total. The summed E-state index contributed by atoms with van der Waals surface area (Å²) in [6.07, 6.45) is 4.70. The minimum atomic E-state index is -1.31. The summed E-state index contributed by atoms with van der Waals surface area (Å²) in [5.74, 6) is 1.30. The molecule has 196 valence electrons. The Labute approximate surface area is 222 Å². The number of fused-ring (bicyclic) bond motifs is 2. The van der Waals surface area contributed by atoms with Gasteiger partial charge in [-0.25, -0.2) is 4.79 Å². The van der Waals surface area contributed by atoms with Crippen molar-refractivity contribution in [2.24, 2.45) is 0 Å². The van der Waals surface area contributed by atoms with Gasteiger partial charge < -0.3 is 23.6 Å². The second-order valence-electron chi connectivity index (χ2n) is 10.0. The van der Waals surface area contributed by atoms with Gasteiger partial charge in [-0.15, -0.1) is 0 Å². The van der Waals surface area contributed by atoms with Crippen molar-refractivity contribution in [1.82, 2.24) is 4.57 Å². The molecule has 3 aromatic carbocycles. The van der Waals surface area contributed by atoms with Crippen LogP contribution in [0.2, 0.25) is 0 Å². The number of aryl methyl sites for hydroxylation is 2. The van der Waals surface area contributed by atoms with E-state index in [2.05, 4.69) is 41.8 Å². The molecule has 0 unspecified atom stereocenters. The topological polar surface area (TPSA) is 73.8 Å². The summed E-state index contributed by atoms with van der Waals surface area (Å²) in [6, 6.07) is 24.1. The maximum atomic E-state index is 11.5. The summed E-state index contributed by atoms with van der Waals surface area (Å²) in [5, 5.41) is 11.4. The fourth-order valence-electron chi connectivity index (χ4n) is 4.72. The van der Waals surface area contributed by atoms with E-state index in [1.807, 2.05) is 48.7 Å². The quantitative estimate of drug-likeness (QED) is 0.184. The van der Waals surface area contributed by atoms with Gasteiger partial charge in [0.2, 0.25) is 0 Å². The lowest BCUT2D eigenvalue weighted by molar-refractivity contribution is -0.152. The van der Waals surface area contributed by atoms with E-state index in [4.69, 9.17) is 13.9 Å². The maximum Gasteiger partial charge on any atom is 0.347 e. The molecule has 0 amide bonds. The number of hydrogen-bond donors (Lipinski definition) is 1. The first-order valence-electron chi connectivity index (χ1n) is 13.1. The molecule has 6 heteroatoms. The van der Waals surface area contributed by atoms with Crippen LogP contribution in [-0.2, 0) is 17.8 Å². The van der Waals surface area contributed by atoms with Crippen LogP contribution in [-0.4, -0.2) is 27.9 Å². The van der Waals surface area contributed by atoms with Crippen LogP contribution in [0.4, 0.5) is 0 Å². The third-order valence-electron chi connectivity index (χ3n) is 6.76. The standard InChI is InChI=1S/C32H33NO5/c1-4-10-25-27(16-15-23-21-29(37-30(23)25)22-11-6-5-7-12-22)36-20-9-18-33-19-17-24-26(33)13-8-14-28(24)38-32(2,3)31(34)35/h5-8,11-17,19,21H,4,9-10,18,20H2,1-3H3,(H,34,35). The average Bonchev–Trinajstić information content (AvgIpc) is 3.53. The molecule has 0 saturated heterocycles. The lowest BCUT2D eigenvalue weighted by atomic mass is 10.1. The number of hydrogen-bond acceptors (Lipinski definition) is 4. The third-order valence-corrected chi connectivity index (χ3v) is 6.76. The minimum absolute atomic E-state index is 0.565. The number of carboxylic acids is 1. The van der Waals surface area contributed by atoms with E-state index in [9.17, 15) is 9.90 Å². The van der Waals surface area contributed by atoms with Gasteiger partial charge in [0, 0.05) is 34.6 Å². The van der Waals surface area contributed by atoms with Gasteiger partial charge in [-0.2, -0.15) is 0 Å². The lowest BCUT2D eigenvalue weighted by Gasteiger charge is -2.22. The van der Waals surface area contributed by atoms with E-state index in [0.717, 1.165) is 70.3 Å². The van der Waals surface area contributed by atoms with Crippen LogP contribution in [0, 0.1) is 0 Å². The van der Waals surface area contributed by atoms with E-state index < -0.39 is 11.6 Å². The molecule has 6 nitrogen and oxygen atoms in total. The van der Waals surface area contributed by atoms with Crippen molar-refractivity contribution in [3.05, 3.63) is 84.6 Å². The highest BCUT2D eigenvalue weighted by atomic mass is 16.5. The summed E-state index contributed by atoms with van der Waals surface area (Å²) >= 11 is 0. The highest BCUT2D eigenvalue weighted by molar-refractivity contribution is 5.88. The molecule has 0 bridgehead atoms. The van der Waals surface area contributed by atoms with Gasteiger partial charge >= 0.3 is 5.97 Å². The fraction of sp³-hybridized carbons (Fsp3) is 0.281. The number of benzene rings is 3. The van der Waals surface area contributed by atoms with Crippen LogP contribution in [0.1, 0.15) is 39.2 Å². The van der Waals surface area contributed by atoms with E-state index in [0.29, 0.717) is 12.4 Å². The second-order valence-corrected chi connectivity index (χ2v) is 10.0. The van der Waals surface area contributed by atoms with Crippen LogP contribution in [0.5, 0.6) is 11.5 Å². The van der Waals surface area contributed by atoms with Crippen molar-refractivity contribution in [2.75, 3.05) is 6.61 Å². The molecule has 0 spiro atoms. The summed E-state index contributed by atoms with van der Waals surface area (Å²) < 4.78 is 20.6. The number of aliphatic carboxylic acids is 1. The van der Waals surface area contributed by atoms with Crippen LogP contribution in [0.3, 0.4) is 0 Å². The molecule has 2 aromatic heterocycles. The number of furan rings is 1. The van der Waals surface area contributed by atoms with Crippen LogP contribution in [0.15, 0.2) is 83.4 Å². The molecular formula is C32H33NO5. The number of carboxylic acid groups (broad SMARTS) is 1. The number of nitrogens with zero attached hydrogens (tertiary/aromatic N) is 1. The molecule has 2 heterocycles. The smallest absolute Gasteiger partial charge is 0.347 e. The molecular weight excluding hydrogens is 478 g/mol. The summed E-state index contributed by atoms with van der Waals surface area (Å²) in [4.78, 5) is 11.5. The zero-order valence-corrected chi connectivity index (χ0v) is 22.1.